The second-order valence-corrected chi connectivity index (χ2v) is 7.78. The Bertz CT molecular complexity index is 1090. The van der Waals surface area contributed by atoms with Gasteiger partial charge in [-0.05, 0) is 37.3 Å². The molecule has 0 saturated carbocycles. The van der Waals surface area contributed by atoms with E-state index in [0.717, 1.165) is 18.7 Å². The van der Waals surface area contributed by atoms with Crippen LogP contribution in [0, 0.1) is 10.1 Å². The van der Waals surface area contributed by atoms with Gasteiger partial charge in [0.1, 0.15) is 0 Å². The molecule has 1 atom stereocenters. The summed E-state index contributed by atoms with van der Waals surface area (Å²) in [4.78, 5) is 39.7. The Morgan fingerprint density at radius 2 is 1.73 bits per heavy atom. The number of nitro groups is 1. The Morgan fingerprint density at radius 1 is 1.09 bits per heavy atom. The molecule has 172 valence electrons. The number of likely N-dealkylation sites (N-methyl/N-ethyl adjacent to an activating group) is 1. The Kier molecular flexibility index (Phi) is 7.74. The average molecular weight is 450 g/mol. The Balaban J connectivity index is 2.04. The van der Waals surface area contributed by atoms with Gasteiger partial charge < -0.3 is 14.9 Å². The van der Waals surface area contributed by atoms with Crippen molar-refractivity contribution in [3.8, 4) is 0 Å². The summed E-state index contributed by atoms with van der Waals surface area (Å²) in [7, 11) is 0. The highest BCUT2D eigenvalue weighted by Crippen LogP contribution is 2.40. The number of hydrogen-bond donors (Lipinski definition) is 1. The van der Waals surface area contributed by atoms with Crippen LogP contribution in [0.2, 0.25) is 0 Å². The summed E-state index contributed by atoms with van der Waals surface area (Å²) >= 11 is 0. The number of quaternary nitrogens is 1. The van der Waals surface area contributed by atoms with Gasteiger partial charge in [-0.3, -0.25) is 19.7 Å². The summed E-state index contributed by atoms with van der Waals surface area (Å²) in [6.45, 7) is 6.47. The van der Waals surface area contributed by atoms with Crippen molar-refractivity contribution in [1.29, 1.82) is 0 Å². The second-order valence-electron chi connectivity index (χ2n) is 7.78. The third kappa shape index (κ3) is 5.18. The third-order valence-corrected chi connectivity index (χ3v) is 5.91. The molecule has 1 aliphatic heterocycles. The summed E-state index contributed by atoms with van der Waals surface area (Å²) in [6.07, 6.45) is 2.81. The maximum atomic E-state index is 13.1. The lowest BCUT2D eigenvalue weighted by Crippen LogP contribution is -3.12. The molecule has 0 aliphatic carbocycles. The molecule has 0 unspecified atom stereocenters. The summed E-state index contributed by atoms with van der Waals surface area (Å²) in [6, 6.07) is 13.9. The highest BCUT2D eigenvalue weighted by Gasteiger charge is 2.41. The molecule has 1 heterocycles. The number of allylic oxidation sites excluding steroid dienone is 1. The van der Waals surface area contributed by atoms with Gasteiger partial charge in [-0.25, -0.2) is 0 Å². The van der Waals surface area contributed by atoms with Gasteiger partial charge >= 0.3 is 0 Å². The minimum atomic E-state index is -1.10. The highest BCUT2D eigenvalue weighted by atomic mass is 16.6. The van der Waals surface area contributed by atoms with Crippen LogP contribution in [0.5, 0.6) is 0 Å². The van der Waals surface area contributed by atoms with E-state index in [9.17, 15) is 24.8 Å². The van der Waals surface area contributed by atoms with Gasteiger partial charge in [-0.15, -0.1) is 0 Å². The van der Waals surface area contributed by atoms with Crippen molar-refractivity contribution >= 4 is 23.5 Å². The van der Waals surface area contributed by atoms with E-state index in [4.69, 9.17) is 0 Å². The lowest BCUT2D eigenvalue weighted by molar-refractivity contribution is -0.895. The van der Waals surface area contributed by atoms with Crippen molar-refractivity contribution in [3.05, 3.63) is 93.2 Å². The van der Waals surface area contributed by atoms with E-state index in [-0.39, 0.29) is 23.4 Å². The number of carbonyl (C=O) groups is 2. The number of nitrogens with zero attached hydrogens (tertiary/aromatic N) is 2. The number of para-hydroxylation sites is 1. The largest absolute Gasteiger partial charge is 0.868 e. The van der Waals surface area contributed by atoms with E-state index in [1.54, 1.807) is 24.3 Å². The number of ketones is 1. The van der Waals surface area contributed by atoms with E-state index in [1.807, 2.05) is 32.0 Å². The maximum Gasteiger partial charge on any atom is 0.275 e. The van der Waals surface area contributed by atoms with Crippen LogP contribution in [0.4, 0.5) is 5.69 Å². The maximum absolute atomic E-state index is 13.1. The molecule has 1 N–H and O–H groups in total. The molecule has 3 rings (SSSR count). The summed E-state index contributed by atoms with van der Waals surface area (Å²) < 4.78 is 0. The fourth-order valence-corrected chi connectivity index (χ4v) is 4.04. The number of hydrogen-bond acceptors (Lipinski definition) is 5. The molecule has 33 heavy (non-hydrogen) atoms. The molecule has 0 spiro atoms. The van der Waals surface area contributed by atoms with Crippen molar-refractivity contribution in [2.24, 2.45) is 0 Å². The fraction of sp³-hybridized carbons (Fsp3) is 0.280. The minimum absolute atomic E-state index is 0.160. The first-order valence-electron chi connectivity index (χ1n) is 11.0. The first-order chi connectivity index (χ1) is 15.9. The molecule has 0 radical (unpaired) electrons. The van der Waals surface area contributed by atoms with E-state index in [0.29, 0.717) is 6.54 Å². The quantitative estimate of drug-likeness (QED) is 0.334. The first-order valence-corrected chi connectivity index (χ1v) is 11.0. The first kappa shape index (κ1) is 23.9. The van der Waals surface area contributed by atoms with Crippen LogP contribution in [0.1, 0.15) is 31.0 Å². The molecular weight excluding hydrogens is 422 g/mol. The zero-order valence-corrected chi connectivity index (χ0v) is 18.7. The van der Waals surface area contributed by atoms with Gasteiger partial charge in [0.15, 0.2) is 5.78 Å². The molecule has 1 aliphatic rings. The second kappa shape index (κ2) is 10.7. The van der Waals surface area contributed by atoms with Crippen LogP contribution in [0.15, 0.2) is 72.0 Å². The monoisotopic (exact) mass is 449 g/mol. The highest BCUT2D eigenvalue weighted by molar-refractivity contribution is 6.14. The van der Waals surface area contributed by atoms with Crippen LogP contribution >= 0.6 is 0 Å². The predicted octanol–water partition coefficient (Wildman–Crippen LogP) is 1.30. The minimum Gasteiger partial charge on any atom is -0.868 e. The molecule has 8 heteroatoms. The molecule has 8 nitrogen and oxygen atoms in total. The Labute approximate surface area is 192 Å². The number of nitro benzene ring substituents is 1. The van der Waals surface area contributed by atoms with Gasteiger partial charge in [0.25, 0.3) is 5.69 Å². The molecule has 2 aromatic rings. The van der Waals surface area contributed by atoms with Gasteiger partial charge in [-0.1, -0.05) is 48.5 Å². The van der Waals surface area contributed by atoms with Gasteiger partial charge in [0.2, 0.25) is 5.91 Å². The number of amides is 1. The summed E-state index contributed by atoms with van der Waals surface area (Å²) in [5, 5.41) is 24.7. The standard InChI is InChI=1S/C25H27N3O5/c1-3-26(4-2)16-17-27-23(19-12-8-9-13-20(19)28(32)33)22(24(30)25(27)31)21(29)15-14-18-10-6-5-7-11-18/h5-15,23,30H,3-4,16-17H2,1-2H3/b15-14+/t23-/m1/s1. The van der Waals surface area contributed by atoms with Crippen molar-refractivity contribution in [1.82, 2.24) is 4.90 Å². The van der Waals surface area contributed by atoms with E-state index in [2.05, 4.69) is 0 Å². The molecule has 0 fully saturated rings. The number of rotatable bonds is 10. The van der Waals surface area contributed by atoms with Gasteiger partial charge in [0.05, 0.1) is 42.7 Å². The molecule has 0 saturated heterocycles. The van der Waals surface area contributed by atoms with Crippen LogP contribution in [-0.4, -0.2) is 47.7 Å². The zero-order valence-electron chi connectivity index (χ0n) is 18.7. The fourth-order valence-electron chi connectivity index (χ4n) is 4.04. The average Bonchev–Trinajstić information content (AvgIpc) is 3.08. The SMILES string of the molecule is CC[NH+](CC)CCN1C(=O)C([O-])=C(C(=O)/C=C/c2ccccc2)[C@H]1c1ccccc1[N+](=O)[O-]. The Hall–Kier alpha value is -3.78. The van der Waals surface area contributed by atoms with Crippen molar-refractivity contribution in [3.63, 3.8) is 0 Å². The number of nitrogens with one attached hydrogen (secondary N) is 1. The van der Waals surface area contributed by atoms with Crippen LogP contribution in [0.25, 0.3) is 6.08 Å². The van der Waals surface area contributed by atoms with Gasteiger partial charge in [0, 0.05) is 11.6 Å². The lowest BCUT2D eigenvalue weighted by Gasteiger charge is -2.28. The predicted molar refractivity (Wildman–Crippen MR) is 122 cm³/mol. The number of carbonyl (C=O) groups excluding carboxylic acids is 2. The number of benzene rings is 2. The van der Waals surface area contributed by atoms with E-state index >= 15 is 0 Å². The van der Waals surface area contributed by atoms with Crippen molar-refractivity contribution < 1.29 is 24.5 Å². The zero-order chi connectivity index (χ0) is 24.0. The third-order valence-electron chi connectivity index (χ3n) is 5.91. The molecule has 0 bridgehead atoms. The van der Waals surface area contributed by atoms with Gasteiger partial charge in [-0.2, -0.15) is 0 Å². The van der Waals surface area contributed by atoms with Crippen LogP contribution in [0.3, 0.4) is 0 Å². The Morgan fingerprint density at radius 3 is 2.36 bits per heavy atom. The molecule has 0 aromatic heterocycles. The van der Waals surface area contributed by atoms with Crippen molar-refractivity contribution in [2.45, 2.75) is 19.9 Å². The summed E-state index contributed by atoms with van der Waals surface area (Å²) in [5.41, 5.74) is 0.429. The van der Waals surface area contributed by atoms with Crippen LogP contribution < -0.4 is 10.0 Å². The molecule has 1 amide bonds. The van der Waals surface area contributed by atoms with E-state index in [1.165, 1.54) is 34.1 Å². The normalized spacial score (nSPS) is 16.3. The smallest absolute Gasteiger partial charge is 0.275 e. The topological polar surface area (TPSA) is 108 Å². The lowest BCUT2D eigenvalue weighted by atomic mass is 9.94. The summed E-state index contributed by atoms with van der Waals surface area (Å²) in [5.74, 6) is -2.34. The van der Waals surface area contributed by atoms with Crippen LogP contribution in [-0.2, 0) is 9.59 Å². The molecular formula is C25H27N3O5. The van der Waals surface area contributed by atoms with E-state index < -0.39 is 28.4 Å². The molecule has 2 aromatic carbocycles. The van der Waals surface area contributed by atoms with Crippen molar-refractivity contribution in [2.75, 3.05) is 26.2 Å².